The zero-order valence-electron chi connectivity index (χ0n) is 45.6. The smallest absolute Gasteiger partial charge is 0.312 e. The van der Waals surface area contributed by atoms with Gasteiger partial charge in [-0.25, -0.2) is 4.79 Å². The maximum absolute atomic E-state index is 13.6. The second-order valence-corrected chi connectivity index (χ2v) is 19.7. The highest BCUT2D eigenvalue weighted by Crippen LogP contribution is 2.47. The van der Waals surface area contributed by atoms with Gasteiger partial charge in [-0.2, -0.15) is 0 Å². The summed E-state index contributed by atoms with van der Waals surface area (Å²) >= 11 is 0. The molecule has 24 nitrogen and oxygen atoms in total. The van der Waals surface area contributed by atoms with Crippen LogP contribution in [-0.2, 0) is 62.4 Å². The number of amides is 8. The van der Waals surface area contributed by atoms with Crippen molar-refractivity contribution < 1.29 is 77.4 Å². The van der Waals surface area contributed by atoms with E-state index in [-0.39, 0.29) is 110 Å². The van der Waals surface area contributed by atoms with Gasteiger partial charge in [-0.05, 0) is 69.2 Å². The highest BCUT2D eigenvalue weighted by atomic mass is 16.7. The van der Waals surface area contributed by atoms with Crippen LogP contribution in [0.25, 0.3) is 0 Å². The molecule has 6 unspecified atom stereocenters. The summed E-state index contributed by atoms with van der Waals surface area (Å²) in [6, 6.07) is 9.35. The van der Waals surface area contributed by atoms with E-state index in [1.165, 1.54) is 25.7 Å². The number of phenolic OH excluding ortho intramolecular Hbond substituents is 2. The standard InChI is InChI=1S/C42H43N7O12.C11H21NO4.C3H8/c1-61-28-6-2-4-25-33(28)39(57)35-34(37(25)55)38(56)26-18-22(9-12-24(26)36(35)54)40(58)46-19-21-7-10-23(11-8-21)47-41(59)27(5-3-16-44-42(43)60)48-30(51)20-45-29(50)15-17-49-31(52)13-14-32(49)53;1-8-11(13)9(3-5-15-8)12-4-6-16-10(7-12)14-2;1-3-2/h2,4,6-8,10-11,13-14,22,27,54,56H,3,5,9,12,15-20H2,1H3,(H,45,50)(H,46,58)(H,47,59)(H,48,51)(H3,43,44,60);8-11,13H,3-7H2,1-2H3;3H2,1-2H3. The topological polar surface area (TPSA) is 344 Å². The van der Waals surface area contributed by atoms with Crippen molar-refractivity contribution in [2.45, 2.75) is 109 Å². The SMILES string of the molecule is CCC.COC1CN(C2CCOC(C)C2O)CCO1.COc1cccc2c1C(=O)c1c(O)c3c(c(O)c1C2=O)CC(C(=O)NCc1ccc(NC(=O)C(CCCNC(N)=O)NC(=O)CNC(=O)CCN2C(=O)C=CC2=O)cc1)CC3. The highest BCUT2D eigenvalue weighted by Gasteiger charge is 2.42. The summed E-state index contributed by atoms with van der Waals surface area (Å²) in [6.07, 6.45) is 4.23. The number of ether oxygens (including phenoxy) is 4. The molecule has 5 aliphatic rings. The zero-order chi connectivity index (χ0) is 58.2. The van der Waals surface area contributed by atoms with Gasteiger partial charge in [-0.15, -0.1) is 0 Å². The highest BCUT2D eigenvalue weighted by molar-refractivity contribution is 6.31. The largest absolute Gasteiger partial charge is 0.507 e. The van der Waals surface area contributed by atoms with E-state index in [9.17, 15) is 58.5 Å². The summed E-state index contributed by atoms with van der Waals surface area (Å²) in [5, 5.41) is 45.6. The van der Waals surface area contributed by atoms with Gasteiger partial charge in [-0.3, -0.25) is 48.2 Å². The number of hydrogen-bond donors (Lipinski definition) is 9. The number of urea groups is 1. The van der Waals surface area contributed by atoms with Crippen LogP contribution < -0.4 is 37.1 Å². The van der Waals surface area contributed by atoms with E-state index in [4.69, 9.17) is 24.7 Å². The van der Waals surface area contributed by atoms with Gasteiger partial charge in [-0.1, -0.05) is 44.5 Å². The van der Waals surface area contributed by atoms with Crippen molar-refractivity contribution in [2.24, 2.45) is 11.7 Å². The molecule has 3 aliphatic heterocycles. The summed E-state index contributed by atoms with van der Waals surface area (Å²) in [5.41, 5.74) is 6.11. The second kappa shape index (κ2) is 28.9. The lowest BCUT2D eigenvalue weighted by Gasteiger charge is -2.43. The number of fused-ring (bicyclic) bond motifs is 3. The van der Waals surface area contributed by atoms with E-state index in [0.29, 0.717) is 29.8 Å². The Morgan fingerprint density at radius 1 is 0.838 bits per heavy atom. The minimum absolute atomic E-state index is 0.00474. The number of hydrogen-bond acceptors (Lipinski definition) is 17. The molecular weight excluding hydrogens is 1040 g/mol. The number of carbonyl (C=O) groups is 9. The molecular formula is C56H72N8O16. The van der Waals surface area contributed by atoms with Gasteiger partial charge < -0.3 is 66.6 Å². The van der Waals surface area contributed by atoms with E-state index in [0.717, 1.165) is 43.2 Å². The molecule has 8 amide bonds. The molecule has 0 bridgehead atoms. The van der Waals surface area contributed by atoms with E-state index in [1.807, 2.05) is 6.92 Å². The number of morpholine rings is 1. The summed E-state index contributed by atoms with van der Waals surface area (Å²) in [6.45, 7) is 8.70. The van der Waals surface area contributed by atoms with Crippen molar-refractivity contribution in [1.29, 1.82) is 0 Å². The summed E-state index contributed by atoms with van der Waals surface area (Å²) < 4.78 is 21.3. The molecule has 3 heterocycles. The number of nitrogens with two attached hydrogens (primary N) is 1. The first kappa shape index (κ1) is 61.4. The number of aliphatic hydroxyl groups excluding tert-OH is 1. The number of phenols is 2. The average Bonchev–Trinajstić information content (AvgIpc) is 3.95. The fourth-order valence-corrected chi connectivity index (χ4v) is 9.90. The van der Waals surface area contributed by atoms with Crippen LogP contribution in [0.15, 0.2) is 54.6 Å². The maximum Gasteiger partial charge on any atom is 0.312 e. The van der Waals surface area contributed by atoms with Gasteiger partial charge in [0.05, 0.1) is 49.2 Å². The Labute approximate surface area is 463 Å². The third kappa shape index (κ3) is 15.3. The lowest BCUT2D eigenvalue weighted by molar-refractivity contribution is -0.190. The Morgan fingerprint density at radius 3 is 2.20 bits per heavy atom. The molecule has 3 aromatic rings. The minimum atomic E-state index is -1.09. The molecule has 0 spiro atoms. The predicted octanol–water partition coefficient (Wildman–Crippen LogP) is 1.85. The molecule has 0 radical (unpaired) electrons. The van der Waals surface area contributed by atoms with Crippen molar-refractivity contribution in [3.63, 3.8) is 0 Å². The molecule has 2 aliphatic carbocycles. The summed E-state index contributed by atoms with van der Waals surface area (Å²) in [5.74, 6) is -5.91. The quantitative estimate of drug-likeness (QED) is 0.0390. The minimum Gasteiger partial charge on any atom is -0.507 e. The molecule has 6 atom stereocenters. The Kier molecular flexibility index (Phi) is 22.2. The molecule has 432 valence electrons. The molecule has 2 fully saturated rings. The number of aromatic hydroxyl groups is 2. The summed E-state index contributed by atoms with van der Waals surface area (Å²) in [4.78, 5) is 116. The third-order valence-corrected chi connectivity index (χ3v) is 14.1. The number of carbonyl (C=O) groups excluding carboxylic acids is 9. The number of methoxy groups -OCH3 is 2. The van der Waals surface area contributed by atoms with Gasteiger partial charge in [0.2, 0.25) is 29.4 Å². The van der Waals surface area contributed by atoms with Crippen LogP contribution in [0.4, 0.5) is 10.5 Å². The van der Waals surface area contributed by atoms with E-state index >= 15 is 0 Å². The Morgan fingerprint density at radius 2 is 1.52 bits per heavy atom. The summed E-state index contributed by atoms with van der Waals surface area (Å²) in [7, 11) is 3.01. The van der Waals surface area contributed by atoms with Crippen molar-refractivity contribution in [1.82, 2.24) is 31.1 Å². The number of rotatable bonds is 18. The molecule has 3 aromatic carbocycles. The van der Waals surface area contributed by atoms with Crippen LogP contribution in [0.2, 0.25) is 0 Å². The van der Waals surface area contributed by atoms with Crippen LogP contribution in [0, 0.1) is 5.92 Å². The average molecular weight is 1110 g/mol. The van der Waals surface area contributed by atoms with Crippen molar-refractivity contribution in [3.8, 4) is 17.2 Å². The number of nitrogens with zero attached hydrogens (tertiary/aromatic N) is 2. The van der Waals surface area contributed by atoms with Crippen molar-refractivity contribution in [3.05, 3.63) is 93.6 Å². The van der Waals surface area contributed by atoms with E-state index in [2.05, 4.69) is 45.3 Å². The Balaban J connectivity index is 0.000000457. The van der Waals surface area contributed by atoms with Gasteiger partial charge in [0, 0.05) is 99.4 Å². The molecule has 10 N–H and O–H groups in total. The van der Waals surface area contributed by atoms with Gasteiger partial charge >= 0.3 is 6.03 Å². The van der Waals surface area contributed by atoms with Crippen LogP contribution in [0.1, 0.15) is 108 Å². The Hall–Kier alpha value is -7.77. The van der Waals surface area contributed by atoms with Gasteiger partial charge in [0.1, 0.15) is 23.3 Å². The van der Waals surface area contributed by atoms with Gasteiger partial charge in [0.25, 0.3) is 11.8 Å². The number of nitrogens with one attached hydrogen (secondary N) is 5. The molecule has 0 saturated carbocycles. The molecule has 2 saturated heterocycles. The second-order valence-electron chi connectivity index (χ2n) is 19.7. The predicted molar refractivity (Wildman–Crippen MR) is 288 cm³/mol. The fourth-order valence-electron chi connectivity index (χ4n) is 9.90. The zero-order valence-corrected chi connectivity index (χ0v) is 45.6. The molecule has 0 aromatic heterocycles. The number of ketones is 2. The van der Waals surface area contributed by atoms with Crippen LogP contribution in [0.5, 0.6) is 17.2 Å². The number of primary amides is 1. The number of aliphatic hydroxyl groups is 1. The van der Waals surface area contributed by atoms with Crippen LogP contribution in [-0.4, -0.2) is 169 Å². The van der Waals surface area contributed by atoms with Gasteiger partial charge in [0.15, 0.2) is 12.1 Å². The lowest BCUT2D eigenvalue weighted by Crippen LogP contribution is -2.57. The first-order valence-electron chi connectivity index (χ1n) is 26.7. The molecule has 24 heteroatoms. The number of benzene rings is 3. The van der Waals surface area contributed by atoms with E-state index in [1.54, 1.807) is 37.4 Å². The third-order valence-electron chi connectivity index (χ3n) is 14.1. The van der Waals surface area contributed by atoms with Crippen LogP contribution in [0.3, 0.4) is 0 Å². The monoisotopic (exact) mass is 1110 g/mol. The Bertz CT molecular complexity index is 2810. The molecule has 8 rings (SSSR count). The number of imide groups is 1. The van der Waals surface area contributed by atoms with Crippen LogP contribution >= 0.6 is 0 Å². The first-order chi connectivity index (χ1) is 38.3. The van der Waals surface area contributed by atoms with Crippen molar-refractivity contribution in [2.75, 3.05) is 65.5 Å². The normalized spacial score (nSPS) is 20.5. The van der Waals surface area contributed by atoms with Crippen molar-refractivity contribution >= 4 is 58.7 Å². The maximum atomic E-state index is 13.6. The lowest BCUT2D eigenvalue weighted by atomic mass is 9.75. The fraction of sp³-hybridized carbons (Fsp3) is 0.482. The van der Waals surface area contributed by atoms with E-state index < -0.39 is 83.2 Å². The first-order valence-corrected chi connectivity index (χ1v) is 26.7. The number of anilines is 1. The molecule has 80 heavy (non-hydrogen) atoms.